The van der Waals surface area contributed by atoms with Crippen LogP contribution >= 0.6 is 12.6 Å². The van der Waals surface area contributed by atoms with Crippen molar-refractivity contribution in [1.82, 2.24) is 16.0 Å². The van der Waals surface area contributed by atoms with Gasteiger partial charge in [-0.25, -0.2) is 0 Å². The second-order valence-corrected chi connectivity index (χ2v) is 6.72. The fourth-order valence-corrected chi connectivity index (χ4v) is 2.08. The average molecular weight is 376 g/mol. The molecular formula is C15H28N4O5S. The first kappa shape index (κ1) is 23.2. The summed E-state index contributed by atoms with van der Waals surface area (Å²) in [5.74, 6) is -3.26. The maximum atomic E-state index is 12.3. The number of aliphatic carboxylic acids is 1. The number of carboxylic acid groups (broad SMARTS) is 1. The lowest BCUT2D eigenvalue weighted by atomic mass is 10.0. The molecule has 3 unspecified atom stereocenters. The van der Waals surface area contributed by atoms with Gasteiger partial charge in [0.15, 0.2) is 0 Å². The summed E-state index contributed by atoms with van der Waals surface area (Å²) < 4.78 is 0. The van der Waals surface area contributed by atoms with Crippen molar-refractivity contribution in [3.63, 3.8) is 0 Å². The molecule has 3 amide bonds. The van der Waals surface area contributed by atoms with Crippen molar-refractivity contribution >= 4 is 36.3 Å². The van der Waals surface area contributed by atoms with Gasteiger partial charge >= 0.3 is 5.97 Å². The Labute approximate surface area is 152 Å². The molecule has 0 aromatic heterocycles. The van der Waals surface area contributed by atoms with E-state index in [1.54, 1.807) is 27.7 Å². The minimum atomic E-state index is -1.19. The Hall–Kier alpha value is -1.81. The molecule has 9 nitrogen and oxygen atoms in total. The van der Waals surface area contributed by atoms with Crippen LogP contribution in [0, 0.1) is 11.8 Å². The third-order valence-electron chi connectivity index (χ3n) is 3.50. The van der Waals surface area contributed by atoms with Gasteiger partial charge < -0.3 is 26.8 Å². The number of carbonyl (C=O) groups is 4. The first-order valence-electron chi connectivity index (χ1n) is 7.97. The maximum absolute atomic E-state index is 12.3. The minimum Gasteiger partial charge on any atom is -0.480 e. The molecule has 0 aliphatic rings. The van der Waals surface area contributed by atoms with Gasteiger partial charge in [-0.3, -0.25) is 19.2 Å². The van der Waals surface area contributed by atoms with Crippen LogP contribution in [0.1, 0.15) is 27.7 Å². The lowest BCUT2D eigenvalue weighted by molar-refractivity contribution is -0.138. The van der Waals surface area contributed by atoms with Crippen LogP contribution in [0.3, 0.4) is 0 Å². The van der Waals surface area contributed by atoms with Crippen LogP contribution in [0.2, 0.25) is 0 Å². The fourth-order valence-electron chi connectivity index (χ4n) is 1.83. The van der Waals surface area contributed by atoms with Crippen LogP contribution in [-0.2, 0) is 19.2 Å². The fraction of sp³-hybridized carbons (Fsp3) is 0.733. The predicted molar refractivity (Wildman–Crippen MR) is 96.0 cm³/mol. The first-order chi connectivity index (χ1) is 11.5. The molecule has 0 aromatic rings. The van der Waals surface area contributed by atoms with E-state index in [0.717, 1.165) is 0 Å². The summed E-state index contributed by atoms with van der Waals surface area (Å²) in [6, 6.07) is -2.67. The molecule has 10 heteroatoms. The Morgan fingerprint density at radius 1 is 0.960 bits per heavy atom. The molecule has 0 saturated carbocycles. The molecule has 6 N–H and O–H groups in total. The summed E-state index contributed by atoms with van der Waals surface area (Å²) in [6.07, 6.45) is 0. The molecule has 0 spiro atoms. The Balaban J connectivity index is 4.92. The molecule has 0 bridgehead atoms. The van der Waals surface area contributed by atoms with Crippen molar-refractivity contribution in [1.29, 1.82) is 0 Å². The number of hydrogen-bond donors (Lipinski definition) is 6. The topological polar surface area (TPSA) is 151 Å². The second kappa shape index (κ2) is 10.9. The Kier molecular flexibility index (Phi) is 10.1. The van der Waals surface area contributed by atoms with Crippen molar-refractivity contribution in [2.75, 3.05) is 12.3 Å². The SMILES string of the molecule is CC(C)C(N)C(=O)NC(CS)C(=O)NC(C(=O)NCC(=O)O)C(C)C. The van der Waals surface area contributed by atoms with Crippen molar-refractivity contribution in [2.24, 2.45) is 17.6 Å². The summed E-state index contributed by atoms with van der Waals surface area (Å²) in [7, 11) is 0. The molecule has 0 aromatic carbocycles. The molecule has 25 heavy (non-hydrogen) atoms. The molecule has 0 radical (unpaired) electrons. The highest BCUT2D eigenvalue weighted by atomic mass is 32.1. The summed E-state index contributed by atoms with van der Waals surface area (Å²) in [5, 5.41) is 15.9. The molecule has 0 aliphatic heterocycles. The predicted octanol–water partition coefficient (Wildman–Crippen LogP) is -1.27. The minimum absolute atomic E-state index is 0.0178. The molecule has 0 aliphatic carbocycles. The van der Waals surface area contributed by atoms with E-state index in [2.05, 4.69) is 28.6 Å². The van der Waals surface area contributed by atoms with Gasteiger partial charge in [0.05, 0.1) is 6.04 Å². The number of nitrogens with two attached hydrogens (primary N) is 1. The highest BCUT2D eigenvalue weighted by molar-refractivity contribution is 7.80. The van der Waals surface area contributed by atoms with E-state index in [0.29, 0.717) is 0 Å². The van der Waals surface area contributed by atoms with Gasteiger partial charge in [0, 0.05) is 5.75 Å². The highest BCUT2D eigenvalue weighted by Crippen LogP contribution is 2.04. The van der Waals surface area contributed by atoms with Crippen molar-refractivity contribution in [3.8, 4) is 0 Å². The lowest BCUT2D eigenvalue weighted by Gasteiger charge is -2.25. The molecule has 144 valence electrons. The summed E-state index contributed by atoms with van der Waals surface area (Å²) in [6.45, 7) is 6.42. The average Bonchev–Trinajstić information content (AvgIpc) is 2.53. The van der Waals surface area contributed by atoms with Crippen LogP contribution < -0.4 is 21.7 Å². The Morgan fingerprint density at radius 3 is 1.92 bits per heavy atom. The van der Waals surface area contributed by atoms with Crippen LogP contribution in [-0.4, -0.2) is 59.2 Å². The summed E-state index contributed by atoms with van der Waals surface area (Å²) in [4.78, 5) is 46.9. The maximum Gasteiger partial charge on any atom is 0.322 e. The number of thiol groups is 1. The van der Waals surface area contributed by atoms with E-state index in [1.165, 1.54) is 0 Å². The van der Waals surface area contributed by atoms with Crippen molar-refractivity contribution in [2.45, 2.75) is 45.8 Å². The molecule has 0 heterocycles. The van der Waals surface area contributed by atoms with Gasteiger partial charge in [0.25, 0.3) is 0 Å². The normalized spacial score (nSPS) is 14.6. The van der Waals surface area contributed by atoms with E-state index in [1.807, 2.05) is 0 Å². The van der Waals surface area contributed by atoms with E-state index < -0.39 is 48.4 Å². The zero-order valence-corrected chi connectivity index (χ0v) is 15.8. The molecule has 3 atom stereocenters. The van der Waals surface area contributed by atoms with E-state index >= 15 is 0 Å². The van der Waals surface area contributed by atoms with Gasteiger partial charge in [-0.1, -0.05) is 27.7 Å². The van der Waals surface area contributed by atoms with Gasteiger partial charge in [-0.2, -0.15) is 12.6 Å². The lowest BCUT2D eigenvalue weighted by Crippen LogP contribution is -2.58. The monoisotopic (exact) mass is 376 g/mol. The Morgan fingerprint density at radius 2 is 1.52 bits per heavy atom. The third kappa shape index (κ3) is 8.21. The molecular weight excluding hydrogens is 348 g/mol. The van der Waals surface area contributed by atoms with Crippen LogP contribution in [0.15, 0.2) is 0 Å². The number of carboxylic acids is 1. The standard InChI is InChI=1S/C15H28N4O5S/c1-7(2)11(16)14(23)18-9(6-25)13(22)19-12(8(3)4)15(24)17-5-10(20)21/h7-9,11-12,25H,5-6,16H2,1-4H3,(H,17,24)(H,18,23)(H,19,22)(H,20,21). The number of carbonyl (C=O) groups excluding carboxylic acids is 3. The molecule has 0 rings (SSSR count). The smallest absolute Gasteiger partial charge is 0.322 e. The van der Waals surface area contributed by atoms with E-state index in [4.69, 9.17) is 10.8 Å². The molecule has 0 saturated heterocycles. The van der Waals surface area contributed by atoms with Gasteiger partial charge in [0.2, 0.25) is 17.7 Å². The van der Waals surface area contributed by atoms with E-state index in [9.17, 15) is 19.2 Å². The molecule has 0 fully saturated rings. The summed E-state index contributed by atoms with van der Waals surface area (Å²) >= 11 is 4.05. The van der Waals surface area contributed by atoms with Crippen molar-refractivity contribution in [3.05, 3.63) is 0 Å². The first-order valence-corrected chi connectivity index (χ1v) is 8.61. The largest absolute Gasteiger partial charge is 0.480 e. The number of hydrogen-bond acceptors (Lipinski definition) is 6. The van der Waals surface area contributed by atoms with E-state index in [-0.39, 0.29) is 17.6 Å². The van der Waals surface area contributed by atoms with Gasteiger partial charge in [0.1, 0.15) is 18.6 Å². The third-order valence-corrected chi connectivity index (χ3v) is 3.86. The zero-order valence-electron chi connectivity index (χ0n) is 14.9. The van der Waals surface area contributed by atoms with Crippen LogP contribution in [0.5, 0.6) is 0 Å². The van der Waals surface area contributed by atoms with Gasteiger partial charge in [-0.15, -0.1) is 0 Å². The number of rotatable bonds is 10. The van der Waals surface area contributed by atoms with Gasteiger partial charge in [-0.05, 0) is 11.8 Å². The number of nitrogens with one attached hydrogen (secondary N) is 3. The second-order valence-electron chi connectivity index (χ2n) is 6.36. The van der Waals surface area contributed by atoms with Crippen LogP contribution in [0.25, 0.3) is 0 Å². The highest BCUT2D eigenvalue weighted by Gasteiger charge is 2.29. The van der Waals surface area contributed by atoms with Crippen LogP contribution in [0.4, 0.5) is 0 Å². The quantitative estimate of drug-likeness (QED) is 0.262. The number of amides is 3. The zero-order chi connectivity index (χ0) is 19.7. The van der Waals surface area contributed by atoms with Crippen molar-refractivity contribution < 1.29 is 24.3 Å². The Bertz CT molecular complexity index is 498. The summed E-state index contributed by atoms with van der Waals surface area (Å²) in [5.41, 5.74) is 5.74.